The van der Waals surface area contributed by atoms with Crippen LogP contribution in [-0.2, 0) is 4.74 Å². The number of carbonyl (C=O) groups is 2. The minimum Gasteiger partial charge on any atom is -0.444 e. The third-order valence-corrected chi connectivity index (χ3v) is 4.20. The summed E-state index contributed by atoms with van der Waals surface area (Å²) in [5.74, 6) is 0.0565. The van der Waals surface area contributed by atoms with Gasteiger partial charge < -0.3 is 4.74 Å². The maximum Gasteiger partial charge on any atom is 0.412 e. The van der Waals surface area contributed by atoms with E-state index in [-0.39, 0.29) is 5.78 Å². The Kier molecular flexibility index (Phi) is 4.90. The van der Waals surface area contributed by atoms with E-state index in [9.17, 15) is 9.59 Å². The van der Waals surface area contributed by atoms with E-state index in [0.717, 1.165) is 20.9 Å². The number of thiophene rings is 1. The van der Waals surface area contributed by atoms with Crippen LogP contribution in [-0.4, -0.2) is 17.5 Å². The van der Waals surface area contributed by atoms with E-state index in [1.807, 2.05) is 58.0 Å². The van der Waals surface area contributed by atoms with Crippen LogP contribution in [0.25, 0.3) is 10.4 Å². The first-order valence-corrected chi connectivity index (χ1v) is 8.18. The van der Waals surface area contributed by atoms with Crippen molar-refractivity contribution in [1.82, 2.24) is 0 Å². The lowest BCUT2D eigenvalue weighted by atomic mass is 10.1. The van der Waals surface area contributed by atoms with Crippen LogP contribution in [0.1, 0.15) is 42.9 Å². The fourth-order valence-corrected chi connectivity index (χ4v) is 2.99. The largest absolute Gasteiger partial charge is 0.444 e. The molecule has 2 rings (SSSR count). The molecule has 23 heavy (non-hydrogen) atoms. The lowest BCUT2D eigenvalue weighted by Crippen LogP contribution is -2.27. The first kappa shape index (κ1) is 17.2. The summed E-state index contributed by atoms with van der Waals surface area (Å²) < 4.78 is 5.27. The van der Waals surface area contributed by atoms with Crippen LogP contribution in [0, 0.1) is 6.92 Å². The van der Waals surface area contributed by atoms with Crippen LogP contribution in [0.5, 0.6) is 0 Å². The quantitative estimate of drug-likeness (QED) is 0.779. The molecule has 0 fully saturated rings. The van der Waals surface area contributed by atoms with Gasteiger partial charge in [0.15, 0.2) is 5.78 Å². The summed E-state index contributed by atoms with van der Waals surface area (Å²) in [5, 5.41) is 2.76. The summed E-state index contributed by atoms with van der Waals surface area (Å²) in [6.45, 7) is 8.99. The molecule has 0 spiro atoms. The Morgan fingerprint density at radius 1 is 1.13 bits per heavy atom. The van der Waals surface area contributed by atoms with E-state index < -0.39 is 11.7 Å². The van der Waals surface area contributed by atoms with Crippen molar-refractivity contribution in [3.8, 4) is 10.4 Å². The Hall–Kier alpha value is -2.14. The maximum absolute atomic E-state index is 11.9. The molecule has 1 heterocycles. The molecule has 4 nitrogen and oxygen atoms in total. The van der Waals surface area contributed by atoms with Crippen LogP contribution < -0.4 is 5.32 Å². The first-order chi connectivity index (χ1) is 10.6. The normalized spacial score (nSPS) is 11.2. The second-order valence-corrected chi connectivity index (χ2v) is 7.52. The summed E-state index contributed by atoms with van der Waals surface area (Å²) in [6, 6.07) is 9.54. The van der Waals surface area contributed by atoms with Crippen LogP contribution >= 0.6 is 11.3 Å². The van der Waals surface area contributed by atoms with Crippen LogP contribution in [0.4, 0.5) is 10.5 Å². The molecule has 0 aliphatic carbocycles. The summed E-state index contributed by atoms with van der Waals surface area (Å²) in [5.41, 5.74) is 2.12. The third kappa shape index (κ3) is 4.93. The van der Waals surface area contributed by atoms with Gasteiger partial charge in [0, 0.05) is 10.6 Å². The molecule has 0 aliphatic rings. The highest BCUT2D eigenvalue weighted by atomic mass is 32.1. The molecule has 0 unspecified atom stereocenters. The molecular weight excluding hydrogens is 310 g/mol. The molecule has 0 radical (unpaired) electrons. The minimum absolute atomic E-state index is 0.0565. The molecule has 1 amide bonds. The lowest BCUT2D eigenvalue weighted by Gasteiger charge is -2.20. The number of amides is 1. The van der Waals surface area contributed by atoms with E-state index >= 15 is 0 Å². The summed E-state index contributed by atoms with van der Waals surface area (Å²) in [6.07, 6.45) is -0.482. The number of ether oxygens (including phenoxy) is 1. The highest BCUT2D eigenvalue weighted by Crippen LogP contribution is 2.31. The van der Waals surface area contributed by atoms with Gasteiger partial charge in [-0.05, 0) is 70.0 Å². The summed E-state index contributed by atoms with van der Waals surface area (Å²) >= 11 is 1.45. The van der Waals surface area contributed by atoms with E-state index in [0.29, 0.717) is 5.69 Å². The van der Waals surface area contributed by atoms with Crippen molar-refractivity contribution in [3.05, 3.63) is 40.8 Å². The zero-order chi connectivity index (χ0) is 17.2. The minimum atomic E-state index is -0.541. The van der Waals surface area contributed by atoms with Gasteiger partial charge >= 0.3 is 6.09 Å². The van der Waals surface area contributed by atoms with Gasteiger partial charge in [0.2, 0.25) is 0 Å². The summed E-state index contributed by atoms with van der Waals surface area (Å²) in [7, 11) is 0. The van der Waals surface area contributed by atoms with E-state index in [2.05, 4.69) is 5.32 Å². The van der Waals surface area contributed by atoms with Crippen molar-refractivity contribution in [2.75, 3.05) is 5.32 Å². The zero-order valence-electron chi connectivity index (χ0n) is 14.0. The molecule has 0 saturated heterocycles. The molecule has 5 heteroatoms. The monoisotopic (exact) mass is 331 g/mol. The smallest absolute Gasteiger partial charge is 0.412 e. The SMILES string of the molecule is CC(=O)c1ccc(-c2cc(C)cc(NC(=O)OC(C)(C)C)c2)s1. The average Bonchev–Trinajstić information content (AvgIpc) is 2.84. The van der Waals surface area contributed by atoms with Crippen LogP contribution in [0.2, 0.25) is 0 Å². The fraction of sp³-hybridized carbons (Fsp3) is 0.333. The Balaban J connectivity index is 2.24. The molecule has 1 aromatic heterocycles. The summed E-state index contributed by atoms with van der Waals surface area (Å²) in [4.78, 5) is 25.1. The van der Waals surface area contributed by atoms with Crippen LogP contribution in [0.3, 0.4) is 0 Å². The highest BCUT2D eigenvalue weighted by molar-refractivity contribution is 7.17. The van der Waals surface area contributed by atoms with Crippen molar-refractivity contribution in [1.29, 1.82) is 0 Å². The average molecular weight is 331 g/mol. The van der Waals surface area contributed by atoms with Gasteiger partial charge in [-0.1, -0.05) is 6.07 Å². The van der Waals surface area contributed by atoms with Gasteiger partial charge in [-0.25, -0.2) is 4.79 Å². The van der Waals surface area contributed by atoms with E-state index in [4.69, 9.17) is 4.74 Å². The van der Waals surface area contributed by atoms with Gasteiger partial charge in [0.05, 0.1) is 4.88 Å². The molecule has 0 saturated carbocycles. The van der Waals surface area contributed by atoms with E-state index in [1.165, 1.54) is 11.3 Å². The van der Waals surface area contributed by atoms with Gasteiger partial charge in [-0.15, -0.1) is 11.3 Å². The number of hydrogen-bond acceptors (Lipinski definition) is 4. The second kappa shape index (κ2) is 6.54. The van der Waals surface area contributed by atoms with E-state index in [1.54, 1.807) is 6.92 Å². The predicted octanol–water partition coefficient (Wildman–Crippen LogP) is 5.27. The van der Waals surface area contributed by atoms with Gasteiger partial charge in [-0.3, -0.25) is 10.1 Å². The van der Waals surface area contributed by atoms with Crippen molar-refractivity contribution >= 4 is 28.9 Å². The van der Waals surface area contributed by atoms with Crippen molar-refractivity contribution in [2.45, 2.75) is 40.2 Å². The molecule has 0 atom stereocenters. The van der Waals surface area contributed by atoms with Crippen molar-refractivity contribution < 1.29 is 14.3 Å². The number of anilines is 1. The Bertz CT molecular complexity index is 741. The Labute approximate surface area is 140 Å². The number of aryl methyl sites for hydroxylation is 1. The molecule has 0 bridgehead atoms. The first-order valence-electron chi connectivity index (χ1n) is 7.37. The number of hydrogen-bond donors (Lipinski definition) is 1. The maximum atomic E-state index is 11.9. The highest BCUT2D eigenvalue weighted by Gasteiger charge is 2.16. The number of carbonyl (C=O) groups excluding carboxylic acids is 2. The van der Waals surface area contributed by atoms with Crippen molar-refractivity contribution in [2.24, 2.45) is 0 Å². The Morgan fingerprint density at radius 2 is 1.83 bits per heavy atom. The molecule has 1 N–H and O–H groups in total. The molecular formula is C18H21NO3S. The Morgan fingerprint density at radius 3 is 2.39 bits per heavy atom. The van der Waals surface area contributed by atoms with Crippen molar-refractivity contribution in [3.63, 3.8) is 0 Å². The lowest BCUT2D eigenvalue weighted by molar-refractivity contribution is 0.0635. The topological polar surface area (TPSA) is 55.4 Å². The standard InChI is InChI=1S/C18H21NO3S/c1-11-8-13(16-7-6-15(23-16)12(2)20)10-14(9-11)19-17(21)22-18(3,4)5/h6-10H,1-5H3,(H,19,21). The number of nitrogens with one attached hydrogen (secondary N) is 1. The molecule has 122 valence electrons. The number of Topliss-reactive ketones (excluding diaryl/α,β-unsaturated/α-hetero) is 1. The number of ketones is 1. The van der Waals surface area contributed by atoms with Crippen LogP contribution in [0.15, 0.2) is 30.3 Å². The van der Waals surface area contributed by atoms with Gasteiger partial charge in [0.1, 0.15) is 5.60 Å². The zero-order valence-corrected chi connectivity index (χ0v) is 14.8. The fourth-order valence-electron chi connectivity index (χ4n) is 2.10. The van der Waals surface area contributed by atoms with Gasteiger partial charge in [-0.2, -0.15) is 0 Å². The third-order valence-electron chi connectivity index (χ3n) is 2.96. The molecule has 2 aromatic rings. The molecule has 1 aromatic carbocycles. The number of rotatable bonds is 3. The second-order valence-electron chi connectivity index (χ2n) is 6.43. The number of benzene rings is 1. The van der Waals surface area contributed by atoms with Gasteiger partial charge in [0.25, 0.3) is 0 Å². The molecule has 0 aliphatic heterocycles. The predicted molar refractivity (Wildman–Crippen MR) is 94.4 cm³/mol.